The smallest absolute Gasteiger partial charge is 0.317 e. The van der Waals surface area contributed by atoms with E-state index in [-0.39, 0.29) is 12.0 Å². The second kappa shape index (κ2) is 6.99. The largest absolute Gasteiger partial charge is 0.458 e. The summed E-state index contributed by atoms with van der Waals surface area (Å²) in [7, 11) is 0. The number of benzene rings is 1. The van der Waals surface area contributed by atoms with Gasteiger partial charge in [-0.15, -0.1) is 11.3 Å². The van der Waals surface area contributed by atoms with Crippen LogP contribution in [0.2, 0.25) is 0 Å². The van der Waals surface area contributed by atoms with Crippen LogP contribution in [0.3, 0.4) is 0 Å². The van der Waals surface area contributed by atoms with Crippen LogP contribution in [0.15, 0.2) is 30.3 Å². The fraction of sp³-hybridized carbons (Fsp3) is 0.368. The van der Waals surface area contributed by atoms with Crippen LogP contribution in [0.5, 0.6) is 6.01 Å². The molecule has 6 nitrogen and oxygen atoms in total. The molecule has 4 rings (SSSR count). The molecule has 1 atom stereocenters. The fourth-order valence-electron chi connectivity index (χ4n) is 3.21. The second-order valence-electron chi connectivity index (χ2n) is 6.55. The van der Waals surface area contributed by atoms with Crippen LogP contribution in [0.4, 0.5) is 0 Å². The number of rotatable bonds is 3. The third-order valence-corrected chi connectivity index (χ3v) is 5.40. The highest BCUT2D eigenvalue weighted by atomic mass is 32.1. The summed E-state index contributed by atoms with van der Waals surface area (Å²) < 4.78 is 6.99. The van der Waals surface area contributed by atoms with Gasteiger partial charge in [-0.1, -0.05) is 12.1 Å². The number of carbonyl (C=O) groups excluding carboxylic acids is 1. The molecule has 1 amide bonds. The van der Waals surface area contributed by atoms with Crippen molar-refractivity contribution in [2.24, 2.45) is 0 Å². The quantitative estimate of drug-likeness (QED) is 0.709. The first-order valence-electron chi connectivity index (χ1n) is 8.72. The van der Waals surface area contributed by atoms with E-state index in [9.17, 15) is 4.79 Å². The molecule has 0 aliphatic carbocycles. The van der Waals surface area contributed by atoms with Gasteiger partial charge in [0.1, 0.15) is 6.10 Å². The summed E-state index contributed by atoms with van der Waals surface area (Å²) in [5.41, 5.74) is 2.63. The molecule has 3 heterocycles. The molecular weight excluding hydrogens is 348 g/mol. The van der Waals surface area contributed by atoms with Gasteiger partial charge in [-0.25, -0.2) is 15.0 Å². The first-order chi connectivity index (χ1) is 12.6. The van der Waals surface area contributed by atoms with Crippen LogP contribution < -0.4 is 4.74 Å². The Morgan fingerprint density at radius 1 is 1.19 bits per heavy atom. The van der Waals surface area contributed by atoms with Gasteiger partial charge in [0.2, 0.25) is 0 Å². The van der Waals surface area contributed by atoms with E-state index in [4.69, 9.17) is 4.74 Å². The molecule has 0 unspecified atom stereocenters. The topological polar surface area (TPSA) is 68.2 Å². The molecular formula is C19H20N4O2S. The predicted octanol–water partition coefficient (Wildman–Crippen LogP) is 3.39. The molecule has 0 bridgehead atoms. The van der Waals surface area contributed by atoms with Crippen LogP contribution in [-0.2, 0) is 0 Å². The average molecular weight is 368 g/mol. The van der Waals surface area contributed by atoms with E-state index < -0.39 is 0 Å². The summed E-state index contributed by atoms with van der Waals surface area (Å²) >= 11 is 1.44. The van der Waals surface area contributed by atoms with Crippen molar-refractivity contribution in [1.29, 1.82) is 0 Å². The zero-order valence-corrected chi connectivity index (χ0v) is 15.6. The maximum Gasteiger partial charge on any atom is 0.317 e. The van der Waals surface area contributed by atoms with Gasteiger partial charge in [-0.05, 0) is 44.9 Å². The standard InChI is InChI=1S/C19H20N4O2S/c1-12-10-13(2)21-19(20-12)25-14-6-5-9-23(11-14)18(24)17-22-15-7-3-4-8-16(15)26-17/h3-4,7-8,10,14H,5-6,9,11H2,1-2H3/t14-/m1/s1. The van der Waals surface area contributed by atoms with E-state index in [0.717, 1.165) is 41.0 Å². The number of thiazole rings is 1. The summed E-state index contributed by atoms with van der Waals surface area (Å²) in [6.45, 7) is 5.10. The van der Waals surface area contributed by atoms with Crippen LogP contribution in [0.25, 0.3) is 10.2 Å². The number of para-hydroxylation sites is 1. The number of fused-ring (bicyclic) bond motifs is 1. The number of likely N-dealkylation sites (tertiary alicyclic amines) is 1. The minimum Gasteiger partial charge on any atom is -0.458 e. The summed E-state index contributed by atoms with van der Waals surface area (Å²) in [4.78, 5) is 27.8. The second-order valence-corrected chi connectivity index (χ2v) is 7.58. The number of hydrogen-bond donors (Lipinski definition) is 0. The Morgan fingerprint density at radius 3 is 2.73 bits per heavy atom. The minimum atomic E-state index is -0.0942. The van der Waals surface area contributed by atoms with Crippen molar-refractivity contribution in [1.82, 2.24) is 19.9 Å². The van der Waals surface area contributed by atoms with Gasteiger partial charge in [0.15, 0.2) is 5.01 Å². The van der Waals surface area contributed by atoms with E-state index in [1.54, 1.807) is 0 Å². The Labute approximate surface area is 155 Å². The molecule has 2 aromatic heterocycles. The summed E-state index contributed by atoms with van der Waals surface area (Å²) in [5.74, 6) is -0.0270. The molecule has 1 fully saturated rings. The maximum atomic E-state index is 12.9. The SMILES string of the molecule is Cc1cc(C)nc(O[C@@H]2CCCN(C(=O)c3nc4ccccc4s3)C2)n1. The number of amides is 1. The van der Waals surface area contributed by atoms with Gasteiger partial charge in [-0.3, -0.25) is 4.79 Å². The number of nitrogens with zero attached hydrogens (tertiary/aromatic N) is 4. The van der Waals surface area contributed by atoms with Gasteiger partial charge in [-0.2, -0.15) is 0 Å². The van der Waals surface area contributed by atoms with Crippen molar-refractivity contribution in [2.75, 3.05) is 13.1 Å². The van der Waals surface area contributed by atoms with Crippen LogP contribution >= 0.6 is 11.3 Å². The molecule has 3 aromatic rings. The molecule has 0 saturated carbocycles. The zero-order valence-electron chi connectivity index (χ0n) is 14.8. The third-order valence-electron chi connectivity index (χ3n) is 4.38. The first kappa shape index (κ1) is 16.9. The average Bonchev–Trinajstić information content (AvgIpc) is 3.04. The number of carbonyl (C=O) groups is 1. The highest BCUT2D eigenvalue weighted by Gasteiger charge is 2.28. The molecule has 134 valence electrons. The third kappa shape index (κ3) is 3.53. The lowest BCUT2D eigenvalue weighted by Gasteiger charge is -2.31. The predicted molar refractivity (Wildman–Crippen MR) is 101 cm³/mol. The summed E-state index contributed by atoms with van der Waals surface area (Å²) in [6, 6.07) is 10.1. The maximum absolute atomic E-state index is 12.9. The first-order valence-corrected chi connectivity index (χ1v) is 9.54. The fourth-order valence-corrected chi connectivity index (χ4v) is 4.15. The zero-order chi connectivity index (χ0) is 18.1. The van der Waals surface area contributed by atoms with E-state index in [1.165, 1.54) is 11.3 Å². The van der Waals surface area contributed by atoms with E-state index in [0.29, 0.717) is 17.6 Å². The Kier molecular flexibility index (Phi) is 4.55. The van der Waals surface area contributed by atoms with Gasteiger partial charge in [0.25, 0.3) is 5.91 Å². The van der Waals surface area contributed by atoms with Gasteiger partial charge in [0, 0.05) is 17.9 Å². The van der Waals surface area contributed by atoms with Crippen molar-refractivity contribution in [2.45, 2.75) is 32.8 Å². The highest BCUT2D eigenvalue weighted by Crippen LogP contribution is 2.24. The molecule has 1 aliphatic heterocycles. The van der Waals surface area contributed by atoms with E-state index >= 15 is 0 Å². The molecule has 0 radical (unpaired) electrons. The van der Waals surface area contributed by atoms with Crippen molar-refractivity contribution < 1.29 is 9.53 Å². The van der Waals surface area contributed by atoms with Gasteiger partial charge >= 0.3 is 6.01 Å². The monoisotopic (exact) mass is 368 g/mol. The van der Waals surface area contributed by atoms with Crippen LogP contribution in [-0.4, -0.2) is 45.0 Å². The number of aryl methyl sites for hydroxylation is 2. The highest BCUT2D eigenvalue weighted by molar-refractivity contribution is 7.20. The van der Waals surface area contributed by atoms with Crippen molar-refractivity contribution >= 4 is 27.5 Å². The van der Waals surface area contributed by atoms with Gasteiger partial charge < -0.3 is 9.64 Å². The summed E-state index contributed by atoms with van der Waals surface area (Å²) in [5, 5.41) is 0.537. The normalized spacial score (nSPS) is 17.5. The Bertz CT molecular complexity index is 902. The Balaban J connectivity index is 1.48. The summed E-state index contributed by atoms with van der Waals surface area (Å²) in [6.07, 6.45) is 1.69. The van der Waals surface area contributed by atoms with Crippen LogP contribution in [0.1, 0.15) is 34.0 Å². The lowest BCUT2D eigenvalue weighted by Crippen LogP contribution is -2.44. The van der Waals surface area contributed by atoms with E-state index in [2.05, 4.69) is 15.0 Å². The lowest BCUT2D eigenvalue weighted by atomic mass is 10.1. The van der Waals surface area contributed by atoms with Gasteiger partial charge in [0.05, 0.1) is 16.8 Å². The number of hydrogen-bond acceptors (Lipinski definition) is 6. The molecule has 1 aliphatic rings. The number of aromatic nitrogens is 3. The number of ether oxygens (including phenoxy) is 1. The Hall–Kier alpha value is -2.54. The lowest BCUT2D eigenvalue weighted by molar-refractivity contribution is 0.0515. The van der Waals surface area contributed by atoms with Crippen molar-refractivity contribution in [3.8, 4) is 6.01 Å². The number of piperidine rings is 1. The van der Waals surface area contributed by atoms with Crippen molar-refractivity contribution in [3.05, 3.63) is 46.7 Å². The molecule has 26 heavy (non-hydrogen) atoms. The molecule has 0 N–H and O–H groups in total. The minimum absolute atomic E-state index is 0.0270. The Morgan fingerprint density at radius 2 is 1.96 bits per heavy atom. The molecule has 1 aromatic carbocycles. The van der Waals surface area contributed by atoms with E-state index in [1.807, 2.05) is 49.1 Å². The molecule has 0 spiro atoms. The van der Waals surface area contributed by atoms with Crippen LogP contribution in [0, 0.1) is 13.8 Å². The molecule has 7 heteroatoms. The molecule has 1 saturated heterocycles. The van der Waals surface area contributed by atoms with Crippen molar-refractivity contribution in [3.63, 3.8) is 0 Å².